The van der Waals surface area contributed by atoms with E-state index in [2.05, 4.69) is 31.4 Å². The largest absolute Gasteiger partial charge is 0.497 e. The minimum atomic E-state index is -4.60. The first-order valence-corrected chi connectivity index (χ1v) is 11.2. The SMILES string of the molecule is COc1cccc(Cn2nc(C)c(NC(=O)Cn3nc(C(F)(F)F)c(Br)c3C3CC3)c2C)c1. The molecule has 33 heavy (non-hydrogen) atoms. The van der Waals surface area contributed by atoms with Crippen molar-refractivity contribution in [3.05, 3.63) is 57.1 Å². The van der Waals surface area contributed by atoms with Crippen LogP contribution in [0.4, 0.5) is 18.9 Å². The molecular formula is C22H23BrF3N5O2. The normalized spacial score (nSPS) is 13.9. The van der Waals surface area contributed by atoms with Crippen LogP contribution in [-0.4, -0.2) is 32.6 Å². The molecule has 2 aromatic heterocycles. The number of carbonyl (C=O) groups excluding carboxylic acids is 1. The van der Waals surface area contributed by atoms with Crippen molar-refractivity contribution in [3.8, 4) is 5.75 Å². The van der Waals surface area contributed by atoms with Crippen LogP contribution < -0.4 is 10.1 Å². The molecule has 0 unspecified atom stereocenters. The van der Waals surface area contributed by atoms with Crippen LogP contribution in [0.1, 0.15) is 47.1 Å². The van der Waals surface area contributed by atoms with E-state index >= 15 is 0 Å². The number of nitrogens with zero attached hydrogens (tertiary/aromatic N) is 4. The Morgan fingerprint density at radius 2 is 1.97 bits per heavy atom. The van der Waals surface area contributed by atoms with Gasteiger partial charge in [0.15, 0.2) is 5.69 Å². The van der Waals surface area contributed by atoms with Crippen molar-refractivity contribution in [2.45, 2.75) is 51.9 Å². The molecule has 1 saturated carbocycles. The molecule has 1 aliphatic carbocycles. The Morgan fingerprint density at radius 3 is 2.61 bits per heavy atom. The highest BCUT2D eigenvalue weighted by Gasteiger charge is 2.42. The molecule has 1 amide bonds. The summed E-state index contributed by atoms with van der Waals surface area (Å²) in [6, 6.07) is 7.59. The number of methoxy groups -OCH3 is 1. The Labute approximate surface area is 197 Å². The number of hydrogen-bond acceptors (Lipinski definition) is 4. The van der Waals surface area contributed by atoms with Gasteiger partial charge in [-0.1, -0.05) is 12.1 Å². The van der Waals surface area contributed by atoms with E-state index < -0.39 is 17.8 Å². The third-order valence-corrected chi connectivity index (χ3v) is 6.35. The zero-order chi connectivity index (χ0) is 23.9. The number of ether oxygens (including phenoxy) is 1. The fraction of sp³-hybridized carbons (Fsp3) is 0.409. The molecule has 3 aromatic rings. The smallest absolute Gasteiger partial charge is 0.436 e. The van der Waals surface area contributed by atoms with Crippen molar-refractivity contribution in [1.29, 1.82) is 0 Å². The minimum Gasteiger partial charge on any atom is -0.497 e. The van der Waals surface area contributed by atoms with E-state index in [0.29, 0.717) is 23.6 Å². The third-order valence-electron chi connectivity index (χ3n) is 5.57. The average molecular weight is 526 g/mol. The first kappa shape index (κ1) is 23.3. The molecule has 7 nitrogen and oxygen atoms in total. The molecule has 0 spiro atoms. The quantitative estimate of drug-likeness (QED) is 0.468. The van der Waals surface area contributed by atoms with Crippen LogP contribution >= 0.6 is 15.9 Å². The number of hydrogen-bond donors (Lipinski definition) is 1. The zero-order valence-electron chi connectivity index (χ0n) is 18.3. The van der Waals surface area contributed by atoms with Crippen LogP contribution in [0, 0.1) is 13.8 Å². The van der Waals surface area contributed by atoms with Gasteiger partial charge < -0.3 is 10.1 Å². The lowest BCUT2D eigenvalue weighted by Gasteiger charge is -2.10. The first-order chi connectivity index (χ1) is 15.6. The molecule has 4 rings (SSSR count). The van der Waals surface area contributed by atoms with Gasteiger partial charge in [-0.15, -0.1) is 0 Å². The lowest BCUT2D eigenvalue weighted by atomic mass is 10.2. The monoisotopic (exact) mass is 525 g/mol. The number of amides is 1. The van der Waals surface area contributed by atoms with Crippen LogP contribution in [0.3, 0.4) is 0 Å². The number of aryl methyl sites for hydroxylation is 1. The van der Waals surface area contributed by atoms with Crippen molar-refractivity contribution >= 4 is 27.5 Å². The number of rotatable bonds is 7. The standard InChI is InChI=1S/C22H23BrF3N5O2/c1-12-19(13(2)30(28-12)10-14-5-4-6-16(9-14)33-3)27-17(32)11-31-20(15-7-8-15)18(23)21(29-31)22(24,25)26/h4-6,9,15H,7-8,10-11H2,1-3H3,(H,27,32). The molecule has 1 aliphatic rings. The molecule has 1 fully saturated rings. The lowest BCUT2D eigenvalue weighted by molar-refractivity contribution is -0.142. The average Bonchev–Trinajstić information content (AvgIpc) is 3.48. The minimum absolute atomic E-state index is 0.0233. The van der Waals surface area contributed by atoms with Crippen molar-refractivity contribution in [2.24, 2.45) is 0 Å². The van der Waals surface area contributed by atoms with Gasteiger partial charge in [0.25, 0.3) is 0 Å². The number of aromatic nitrogens is 4. The number of benzene rings is 1. The second-order valence-electron chi connectivity index (χ2n) is 8.08. The molecule has 0 aliphatic heterocycles. The molecule has 11 heteroatoms. The van der Waals surface area contributed by atoms with E-state index in [1.807, 2.05) is 31.2 Å². The summed E-state index contributed by atoms with van der Waals surface area (Å²) in [6.07, 6.45) is -3.05. The highest BCUT2D eigenvalue weighted by Crippen LogP contribution is 2.47. The topological polar surface area (TPSA) is 74.0 Å². The van der Waals surface area contributed by atoms with Gasteiger partial charge in [-0.05, 0) is 60.3 Å². The summed E-state index contributed by atoms with van der Waals surface area (Å²) in [6.45, 7) is 3.76. The number of nitrogens with one attached hydrogen (secondary N) is 1. The highest BCUT2D eigenvalue weighted by atomic mass is 79.9. The predicted octanol–water partition coefficient (Wildman–Crippen LogP) is 5.05. The molecular weight excluding hydrogens is 503 g/mol. The van der Waals surface area contributed by atoms with Crippen molar-refractivity contribution < 1.29 is 22.7 Å². The van der Waals surface area contributed by atoms with Gasteiger partial charge in [-0.25, -0.2) is 0 Å². The van der Waals surface area contributed by atoms with E-state index in [9.17, 15) is 18.0 Å². The van der Waals surface area contributed by atoms with Gasteiger partial charge >= 0.3 is 6.18 Å². The maximum absolute atomic E-state index is 13.3. The molecule has 2 heterocycles. The summed E-state index contributed by atoms with van der Waals surface area (Å²) >= 11 is 3.05. The molecule has 1 aromatic carbocycles. The van der Waals surface area contributed by atoms with E-state index in [-0.39, 0.29) is 16.9 Å². The van der Waals surface area contributed by atoms with Gasteiger partial charge in [-0.3, -0.25) is 14.2 Å². The Morgan fingerprint density at radius 1 is 1.24 bits per heavy atom. The van der Waals surface area contributed by atoms with Crippen LogP contribution in [0.2, 0.25) is 0 Å². The molecule has 0 saturated heterocycles. The summed E-state index contributed by atoms with van der Waals surface area (Å²) in [5.74, 6) is 0.246. The molecule has 176 valence electrons. The van der Waals surface area contributed by atoms with Gasteiger partial charge in [-0.2, -0.15) is 23.4 Å². The maximum atomic E-state index is 13.3. The Balaban J connectivity index is 1.53. The Hall–Kier alpha value is -2.82. The van der Waals surface area contributed by atoms with Gasteiger partial charge in [0.05, 0.1) is 40.9 Å². The van der Waals surface area contributed by atoms with E-state index in [0.717, 1.165) is 34.5 Å². The lowest BCUT2D eigenvalue weighted by Crippen LogP contribution is -2.22. The Kier molecular flexibility index (Phi) is 6.26. The first-order valence-electron chi connectivity index (χ1n) is 10.4. The van der Waals surface area contributed by atoms with Crippen LogP contribution in [0.5, 0.6) is 5.75 Å². The van der Waals surface area contributed by atoms with Crippen LogP contribution in [0.25, 0.3) is 0 Å². The van der Waals surface area contributed by atoms with Crippen molar-refractivity contribution in [3.63, 3.8) is 0 Å². The zero-order valence-corrected chi connectivity index (χ0v) is 19.9. The fourth-order valence-corrected chi connectivity index (χ4v) is 4.62. The summed E-state index contributed by atoms with van der Waals surface area (Å²) in [4.78, 5) is 12.8. The van der Waals surface area contributed by atoms with Crippen molar-refractivity contribution in [2.75, 3.05) is 12.4 Å². The fourth-order valence-electron chi connectivity index (χ4n) is 3.79. The summed E-state index contributed by atoms with van der Waals surface area (Å²) in [7, 11) is 1.60. The number of halogens is 4. The number of carbonyl (C=O) groups is 1. The maximum Gasteiger partial charge on any atom is 0.436 e. The number of anilines is 1. The van der Waals surface area contributed by atoms with Crippen molar-refractivity contribution in [1.82, 2.24) is 19.6 Å². The van der Waals surface area contributed by atoms with Gasteiger partial charge in [0.1, 0.15) is 12.3 Å². The van der Waals surface area contributed by atoms with Gasteiger partial charge in [0, 0.05) is 5.92 Å². The van der Waals surface area contributed by atoms with Crippen LogP contribution in [0.15, 0.2) is 28.7 Å². The summed E-state index contributed by atoms with van der Waals surface area (Å²) in [5, 5.41) is 11.0. The predicted molar refractivity (Wildman–Crippen MR) is 119 cm³/mol. The number of alkyl halides is 3. The summed E-state index contributed by atoms with van der Waals surface area (Å²) < 4.78 is 48.1. The second-order valence-corrected chi connectivity index (χ2v) is 8.87. The van der Waals surface area contributed by atoms with Crippen LogP contribution in [-0.2, 0) is 24.1 Å². The van der Waals surface area contributed by atoms with Gasteiger partial charge in [0.2, 0.25) is 5.91 Å². The van der Waals surface area contributed by atoms with E-state index in [1.54, 1.807) is 18.7 Å². The molecule has 0 bridgehead atoms. The molecule has 0 atom stereocenters. The highest BCUT2D eigenvalue weighted by molar-refractivity contribution is 9.10. The second kappa shape index (κ2) is 8.85. The van der Waals surface area contributed by atoms with E-state index in [4.69, 9.17) is 4.74 Å². The van der Waals surface area contributed by atoms with E-state index in [1.165, 1.54) is 0 Å². The molecule has 0 radical (unpaired) electrons. The summed E-state index contributed by atoms with van der Waals surface area (Å²) in [5.41, 5.74) is 2.29. The Bertz CT molecular complexity index is 1200. The third kappa shape index (κ3) is 4.92. The molecule has 1 N–H and O–H groups in total.